The van der Waals surface area contributed by atoms with Crippen LogP contribution in [0.1, 0.15) is 70.1 Å². The van der Waals surface area contributed by atoms with Gasteiger partial charge in [-0.05, 0) is 110 Å². The molecule has 5 heterocycles. The number of aliphatic hydroxyl groups excluding tert-OH is 1. The molecule has 0 saturated heterocycles. The summed E-state index contributed by atoms with van der Waals surface area (Å²) in [5, 5.41) is 13.1. The number of rotatable bonds is 9. The largest absolute Gasteiger partial charge is 0.511 e. The molecular weight excluding hydrogens is 628 g/mol. The molecule has 0 atom stereocenters. The number of fused-ring (bicyclic) bond motifs is 5. The number of hydrogen-bond donors (Lipinski definition) is 2. The SMILES string of the molecule is C=Cc1c(C)c2[nH]c1=CC1=NC(=CC3=C(C)C4=C(O)CC(=C5N=C(C=2)C(C)=C5CCC(=O)OCc2ccc(OC=O)cc2)C4=N3)C(CC)=C1C. The lowest BCUT2D eigenvalue weighted by molar-refractivity contribution is -0.144. The quantitative estimate of drug-likeness (QED) is 0.230. The molecule has 1 aliphatic carbocycles. The summed E-state index contributed by atoms with van der Waals surface area (Å²) in [6.45, 7) is 14.9. The minimum absolute atomic E-state index is 0.0971. The van der Waals surface area contributed by atoms with Gasteiger partial charge < -0.3 is 19.6 Å². The van der Waals surface area contributed by atoms with Crippen molar-refractivity contribution in [3.63, 3.8) is 0 Å². The molecule has 252 valence electrons. The van der Waals surface area contributed by atoms with Crippen LogP contribution in [-0.2, 0) is 20.9 Å². The van der Waals surface area contributed by atoms with E-state index in [2.05, 4.69) is 38.4 Å². The van der Waals surface area contributed by atoms with Gasteiger partial charge in [-0.1, -0.05) is 31.7 Å². The molecule has 0 amide bonds. The molecule has 0 unspecified atom stereocenters. The molecule has 50 heavy (non-hydrogen) atoms. The van der Waals surface area contributed by atoms with E-state index in [1.54, 1.807) is 24.3 Å². The van der Waals surface area contributed by atoms with Crippen molar-refractivity contribution in [2.75, 3.05) is 0 Å². The van der Waals surface area contributed by atoms with Crippen molar-refractivity contribution in [3.05, 3.63) is 126 Å². The summed E-state index contributed by atoms with van der Waals surface area (Å²) in [6, 6.07) is 6.79. The van der Waals surface area contributed by atoms with Crippen molar-refractivity contribution in [2.24, 2.45) is 15.0 Å². The number of carbonyl (C=O) groups is 2. The molecule has 1 aromatic carbocycles. The Bertz CT molecular complexity index is 2330. The summed E-state index contributed by atoms with van der Waals surface area (Å²) in [7, 11) is 0. The molecule has 5 aliphatic rings. The van der Waals surface area contributed by atoms with Crippen molar-refractivity contribution in [3.8, 4) is 5.75 Å². The number of aliphatic hydroxyl groups is 1. The van der Waals surface area contributed by atoms with Crippen molar-refractivity contribution in [1.29, 1.82) is 0 Å². The van der Waals surface area contributed by atoms with Crippen LogP contribution in [0.4, 0.5) is 0 Å². The fraction of sp³-hybridized carbons (Fsp3) is 0.244. The molecule has 2 N–H and O–H groups in total. The van der Waals surface area contributed by atoms with E-state index in [0.717, 1.165) is 101 Å². The van der Waals surface area contributed by atoms with Gasteiger partial charge in [0.25, 0.3) is 6.47 Å². The highest BCUT2D eigenvalue weighted by atomic mass is 16.5. The van der Waals surface area contributed by atoms with Crippen LogP contribution in [0.25, 0.3) is 18.2 Å². The van der Waals surface area contributed by atoms with Crippen LogP contribution in [0.2, 0.25) is 0 Å². The zero-order valence-electron chi connectivity index (χ0n) is 28.9. The van der Waals surface area contributed by atoms with Gasteiger partial charge in [0.2, 0.25) is 0 Å². The number of esters is 1. The van der Waals surface area contributed by atoms with Crippen LogP contribution in [0.3, 0.4) is 0 Å². The summed E-state index contributed by atoms with van der Waals surface area (Å²) in [4.78, 5) is 42.6. The summed E-state index contributed by atoms with van der Waals surface area (Å²) >= 11 is 0. The first kappa shape index (κ1) is 32.7. The Morgan fingerprint density at radius 3 is 2.40 bits per heavy atom. The third-order valence-electron chi connectivity index (χ3n) is 10.0. The number of allylic oxidation sites excluding steroid dienone is 8. The van der Waals surface area contributed by atoms with Gasteiger partial charge in [0, 0.05) is 40.2 Å². The minimum Gasteiger partial charge on any atom is -0.511 e. The van der Waals surface area contributed by atoms with E-state index in [-0.39, 0.29) is 24.8 Å². The number of aliphatic imine (C=N–C) groups is 3. The van der Waals surface area contributed by atoms with Gasteiger partial charge in [0.1, 0.15) is 18.1 Å². The fourth-order valence-corrected chi connectivity index (χ4v) is 7.21. The molecule has 2 aromatic rings. The standard InChI is InChI=1S/C41H38N4O5/c1-7-27-21(3)31-16-33-23(5)29(13-14-38(48)49-19-25-9-11-26(12-10-25)50-20-46)40(44-33)30-15-37(47)39-24(6)34(45-41(30)39)18-36-28(8-2)22(4)32(43-36)17-35(27)42-31/h7,9-12,16-18,20,42,47H,1,8,13-15,19H2,2-6H3. The number of hydrogen-bond acceptors (Lipinski definition) is 8. The van der Waals surface area contributed by atoms with Crippen molar-refractivity contribution < 1.29 is 24.2 Å². The molecule has 0 saturated carbocycles. The number of nitrogens with zero attached hydrogens (tertiary/aromatic N) is 3. The van der Waals surface area contributed by atoms with Crippen LogP contribution in [0.15, 0.2) is 114 Å². The predicted molar refractivity (Wildman–Crippen MR) is 196 cm³/mol. The number of aromatic amines is 1. The Labute approximate surface area is 290 Å². The molecule has 9 heteroatoms. The lowest BCUT2D eigenvalue weighted by Gasteiger charge is -2.10. The minimum atomic E-state index is -0.348. The Hall–Kier alpha value is -5.83. The second-order valence-corrected chi connectivity index (χ2v) is 12.9. The van der Waals surface area contributed by atoms with Crippen LogP contribution >= 0.6 is 0 Å². The molecular formula is C41H38N4O5. The first-order valence-electron chi connectivity index (χ1n) is 16.8. The molecule has 7 rings (SSSR count). The smallest absolute Gasteiger partial charge is 0.306 e. The molecule has 9 nitrogen and oxygen atoms in total. The maximum atomic E-state index is 13.0. The van der Waals surface area contributed by atoms with Gasteiger partial charge in [0.05, 0.1) is 34.2 Å². The fourth-order valence-electron chi connectivity index (χ4n) is 7.21. The van der Waals surface area contributed by atoms with Crippen LogP contribution in [0.5, 0.6) is 5.75 Å². The highest BCUT2D eigenvalue weighted by Gasteiger charge is 2.37. The van der Waals surface area contributed by atoms with Gasteiger partial charge in [-0.15, -0.1) is 0 Å². The first-order chi connectivity index (χ1) is 24.1. The zero-order valence-corrected chi connectivity index (χ0v) is 28.9. The Morgan fingerprint density at radius 2 is 1.68 bits per heavy atom. The van der Waals surface area contributed by atoms with E-state index in [9.17, 15) is 14.7 Å². The van der Waals surface area contributed by atoms with Gasteiger partial charge in [-0.2, -0.15) is 0 Å². The van der Waals surface area contributed by atoms with E-state index in [1.807, 2.05) is 32.1 Å². The molecule has 0 radical (unpaired) electrons. The van der Waals surface area contributed by atoms with Crippen LogP contribution < -0.4 is 15.4 Å². The summed E-state index contributed by atoms with van der Waals surface area (Å²) in [6.07, 6.45) is 9.66. The van der Waals surface area contributed by atoms with Gasteiger partial charge in [-0.25, -0.2) is 15.0 Å². The third-order valence-corrected chi connectivity index (χ3v) is 10.0. The maximum Gasteiger partial charge on any atom is 0.306 e. The molecule has 0 spiro atoms. The number of carbonyl (C=O) groups excluding carboxylic acids is 2. The maximum absolute atomic E-state index is 13.0. The van der Waals surface area contributed by atoms with Crippen molar-refractivity contribution >= 4 is 47.8 Å². The van der Waals surface area contributed by atoms with Crippen LogP contribution in [-0.4, -0.2) is 39.7 Å². The van der Waals surface area contributed by atoms with Crippen LogP contribution in [0, 0.1) is 6.92 Å². The van der Waals surface area contributed by atoms with E-state index in [1.165, 1.54) is 0 Å². The second-order valence-electron chi connectivity index (χ2n) is 12.9. The number of ether oxygens (including phenoxy) is 2. The van der Waals surface area contributed by atoms with E-state index in [0.29, 0.717) is 30.8 Å². The molecule has 4 aliphatic heterocycles. The number of nitrogens with one attached hydrogen (secondary N) is 1. The normalized spacial score (nSPS) is 17.9. The Kier molecular flexibility index (Phi) is 8.43. The average molecular weight is 667 g/mol. The summed E-state index contributed by atoms with van der Waals surface area (Å²) in [5.74, 6) is 0.331. The monoisotopic (exact) mass is 666 g/mol. The van der Waals surface area contributed by atoms with Crippen molar-refractivity contribution in [2.45, 2.75) is 66.9 Å². The number of benzene rings is 1. The molecule has 0 fully saturated rings. The van der Waals surface area contributed by atoms with Gasteiger partial charge in [0.15, 0.2) is 0 Å². The Morgan fingerprint density at radius 1 is 0.960 bits per heavy atom. The second kappa shape index (κ2) is 12.9. The number of aromatic nitrogens is 1. The van der Waals surface area contributed by atoms with E-state index >= 15 is 0 Å². The highest BCUT2D eigenvalue weighted by Crippen LogP contribution is 2.44. The lowest BCUT2D eigenvalue weighted by atomic mass is 9.96. The summed E-state index contributed by atoms with van der Waals surface area (Å²) in [5.41, 5.74) is 14.2. The highest BCUT2D eigenvalue weighted by molar-refractivity contribution is 6.26. The lowest BCUT2D eigenvalue weighted by Crippen LogP contribution is -2.15. The van der Waals surface area contributed by atoms with Gasteiger partial charge >= 0.3 is 5.97 Å². The third kappa shape index (κ3) is 5.58. The van der Waals surface area contributed by atoms with Crippen molar-refractivity contribution in [1.82, 2.24) is 4.98 Å². The predicted octanol–water partition coefficient (Wildman–Crippen LogP) is 6.63. The summed E-state index contributed by atoms with van der Waals surface area (Å²) < 4.78 is 10.4. The molecule has 8 bridgehead atoms. The molecule has 1 aromatic heterocycles. The van der Waals surface area contributed by atoms with E-state index in [4.69, 9.17) is 24.5 Å². The Balaban J connectivity index is 1.31. The topological polar surface area (TPSA) is 126 Å². The average Bonchev–Trinajstić information content (AvgIpc) is 3.85. The zero-order chi connectivity index (χ0) is 35.3. The first-order valence-corrected chi connectivity index (χ1v) is 16.8. The van der Waals surface area contributed by atoms with E-state index < -0.39 is 0 Å². The number of H-pyrrole nitrogens is 1. The van der Waals surface area contributed by atoms with Gasteiger partial charge in [-0.3, -0.25) is 9.59 Å².